The molecule has 1 aliphatic rings. The Morgan fingerprint density at radius 3 is 2.48 bits per heavy atom. The van der Waals surface area contributed by atoms with Crippen molar-refractivity contribution in [1.82, 2.24) is 9.62 Å². The molecule has 1 atom stereocenters. The number of sulfonamides is 1. The molecule has 6 nitrogen and oxygen atoms in total. The van der Waals surface area contributed by atoms with E-state index in [1.165, 1.54) is 0 Å². The van der Waals surface area contributed by atoms with Gasteiger partial charge in [-0.25, -0.2) is 8.42 Å². The number of nitrogens with one attached hydrogen (secondary N) is 1. The first kappa shape index (κ1) is 19.9. The quantitative estimate of drug-likeness (QED) is 0.831. The monoisotopic (exact) mass is 368 g/mol. The van der Waals surface area contributed by atoms with Crippen LogP contribution in [0.3, 0.4) is 0 Å². The maximum atomic E-state index is 12.9. The average molecular weight is 368 g/mol. The number of rotatable bonds is 6. The van der Waals surface area contributed by atoms with Crippen LogP contribution in [0.5, 0.6) is 0 Å². The predicted molar refractivity (Wildman–Crippen MR) is 96.9 cm³/mol. The Balaban J connectivity index is 2.25. The van der Waals surface area contributed by atoms with Crippen LogP contribution in [0, 0.1) is 19.8 Å². The Labute approximate surface area is 150 Å². The third-order valence-corrected chi connectivity index (χ3v) is 5.87. The number of benzene rings is 1. The predicted octanol–water partition coefficient (Wildman–Crippen LogP) is 1.86. The third-order valence-electron chi connectivity index (χ3n) is 4.26. The van der Waals surface area contributed by atoms with Gasteiger partial charge in [0.15, 0.2) is 0 Å². The molecule has 1 heterocycles. The summed E-state index contributed by atoms with van der Waals surface area (Å²) in [5.74, 6) is 0.0159. The van der Waals surface area contributed by atoms with E-state index < -0.39 is 16.1 Å². The molecule has 0 aromatic heterocycles. The smallest absolute Gasteiger partial charge is 0.241 e. The lowest BCUT2D eigenvalue weighted by Crippen LogP contribution is -2.52. The highest BCUT2D eigenvalue weighted by Crippen LogP contribution is 2.19. The van der Waals surface area contributed by atoms with E-state index in [1.54, 1.807) is 24.0 Å². The lowest BCUT2D eigenvalue weighted by Gasteiger charge is -2.31. The summed E-state index contributed by atoms with van der Waals surface area (Å²) < 4.78 is 33.7. The number of morpholine rings is 1. The van der Waals surface area contributed by atoms with Gasteiger partial charge in [0.1, 0.15) is 6.04 Å². The summed E-state index contributed by atoms with van der Waals surface area (Å²) in [6, 6.07) is 4.54. The van der Waals surface area contributed by atoms with Crippen LogP contribution in [-0.4, -0.2) is 51.6 Å². The van der Waals surface area contributed by atoms with Crippen LogP contribution in [0.4, 0.5) is 0 Å². The SMILES string of the molecule is Cc1ccc(C)c(S(=O)(=O)N[C@H](CC(C)C)C(=O)N2CCOCC2)c1. The molecule has 1 aliphatic heterocycles. The van der Waals surface area contributed by atoms with Gasteiger partial charge in [-0.05, 0) is 43.4 Å². The number of carbonyl (C=O) groups excluding carboxylic acids is 1. The number of aryl methyl sites for hydroxylation is 2. The van der Waals surface area contributed by atoms with Crippen LogP contribution in [0.25, 0.3) is 0 Å². The zero-order valence-electron chi connectivity index (χ0n) is 15.4. The zero-order valence-corrected chi connectivity index (χ0v) is 16.2. The van der Waals surface area contributed by atoms with Gasteiger partial charge < -0.3 is 9.64 Å². The van der Waals surface area contributed by atoms with Crippen LogP contribution in [0.2, 0.25) is 0 Å². The van der Waals surface area contributed by atoms with Crippen molar-refractivity contribution in [3.63, 3.8) is 0 Å². The molecule has 0 saturated carbocycles. The Morgan fingerprint density at radius 1 is 1.24 bits per heavy atom. The molecule has 1 fully saturated rings. The minimum atomic E-state index is -3.77. The van der Waals surface area contributed by atoms with Crippen molar-refractivity contribution in [2.45, 2.75) is 45.1 Å². The topological polar surface area (TPSA) is 75.7 Å². The fourth-order valence-electron chi connectivity index (χ4n) is 2.92. The number of hydrogen-bond donors (Lipinski definition) is 1. The van der Waals surface area contributed by atoms with Gasteiger partial charge in [0, 0.05) is 13.1 Å². The molecule has 0 bridgehead atoms. The Morgan fingerprint density at radius 2 is 1.88 bits per heavy atom. The summed E-state index contributed by atoms with van der Waals surface area (Å²) in [6.07, 6.45) is 0.459. The molecule has 0 radical (unpaired) electrons. The van der Waals surface area contributed by atoms with Crippen molar-refractivity contribution in [2.24, 2.45) is 5.92 Å². The van der Waals surface area contributed by atoms with E-state index in [0.29, 0.717) is 38.3 Å². The second-order valence-corrected chi connectivity index (χ2v) is 8.69. The molecule has 1 N–H and O–H groups in total. The standard InChI is InChI=1S/C18H28N2O4S/c1-13(2)11-16(18(21)20-7-9-24-10-8-20)19-25(22,23)17-12-14(3)5-6-15(17)4/h5-6,12-13,16,19H,7-11H2,1-4H3/t16-/m1/s1. The highest BCUT2D eigenvalue weighted by molar-refractivity contribution is 7.89. The molecule has 25 heavy (non-hydrogen) atoms. The minimum absolute atomic E-state index is 0.175. The molecular formula is C18H28N2O4S. The van der Waals surface area contributed by atoms with Gasteiger partial charge in [-0.2, -0.15) is 4.72 Å². The molecule has 1 amide bonds. The highest BCUT2D eigenvalue weighted by Gasteiger charge is 2.31. The average Bonchev–Trinajstić information content (AvgIpc) is 2.56. The Hall–Kier alpha value is -1.44. The van der Waals surface area contributed by atoms with Crippen LogP contribution < -0.4 is 4.72 Å². The molecule has 1 aromatic rings. The first-order valence-corrected chi connectivity index (χ1v) is 10.1. The van der Waals surface area contributed by atoms with Crippen molar-refractivity contribution in [2.75, 3.05) is 26.3 Å². The molecular weight excluding hydrogens is 340 g/mol. The molecule has 7 heteroatoms. The van der Waals surface area contributed by atoms with E-state index in [1.807, 2.05) is 26.8 Å². The van der Waals surface area contributed by atoms with Crippen molar-refractivity contribution < 1.29 is 17.9 Å². The van der Waals surface area contributed by atoms with Gasteiger partial charge in [-0.1, -0.05) is 26.0 Å². The number of ether oxygens (including phenoxy) is 1. The van der Waals surface area contributed by atoms with Crippen molar-refractivity contribution in [1.29, 1.82) is 0 Å². The van der Waals surface area contributed by atoms with Crippen LogP contribution in [0.1, 0.15) is 31.4 Å². The third kappa shape index (κ3) is 5.26. The van der Waals surface area contributed by atoms with Crippen molar-refractivity contribution >= 4 is 15.9 Å². The summed E-state index contributed by atoms with van der Waals surface area (Å²) in [5.41, 5.74) is 1.53. The highest BCUT2D eigenvalue weighted by atomic mass is 32.2. The summed E-state index contributed by atoms with van der Waals surface area (Å²) >= 11 is 0. The van der Waals surface area contributed by atoms with E-state index in [-0.39, 0.29) is 16.7 Å². The van der Waals surface area contributed by atoms with Gasteiger partial charge in [-0.15, -0.1) is 0 Å². The van der Waals surface area contributed by atoms with Gasteiger partial charge in [0.25, 0.3) is 0 Å². The number of hydrogen-bond acceptors (Lipinski definition) is 4. The van der Waals surface area contributed by atoms with E-state index in [2.05, 4.69) is 4.72 Å². The van der Waals surface area contributed by atoms with Crippen molar-refractivity contribution in [3.05, 3.63) is 29.3 Å². The second-order valence-electron chi connectivity index (χ2n) is 7.01. The molecule has 1 aromatic carbocycles. The normalized spacial score (nSPS) is 16.9. The second kappa shape index (κ2) is 8.29. The molecule has 1 saturated heterocycles. The summed E-state index contributed by atoms with van der Waals surface area (Å²) in [4.78, 5) is 14.8. The first-order chi connectivity index (χ1) is 11.7. The molecule has 2 rings (SSSR count). The van der Waals surface area contributed by atoms with E-state index >= 15 is 0 Å². The van der Waals surface area contributed by atoms with Gasteiger partial charge in [0.05, 0.1) is 18.1 Å². The van der Waals surface area contributed by atoms with Crippen LogP contribution in [0.15, 0.2) is 23.1 Å². The largest absolute Gasteiger partial charge is 0.378 e. The summed E-state index contributed by atoms with van der Waals surface area (Å²) in [7, 11) is -3.77. The van der Waals surface area contributed by atoms with Crippen LogP contribution in [-0.2, 0) is 19.6 Å². The van der Waals surface area contributed by atoms with Crippen molar-refractivity contribution in [3.8, 4) is 0 Å². The fourth-order valence-corrected chi connectivity index (χ4v) is 4.45. The number of carbonyl (C=O) groups is 1. The van der Waals surface area contributed by atoms with Crippen LogP contribution >= 0.6 is 0 Å². The van der Waals surface area contributed by atoms with Gasteiger partial charge >= 0.3 is 0 Å². The van der Waals surface area contributed by atoms with E-state index in [4.69, 9.17) is 4.74 Å². The lowest BCUT2D eigenvalue weighted by atomic mass is 10.0. The van der Waals surface area contributed by atoms with Gasteiger partial charge in [0.2, 0.25) is 15.9 Å². The zero-order chi connectivity index (χ0) is 18.6. The van der Waals surface area contributed by atoms with Gasteiger partial charge in [-0.3, -0.25) is 4.79 Å². The molecule has 0 unspecified atom stereocenters. The minimum Gasteiger partial charge on any atom is -0.378 e. The van der Waals surface area contributed by atoms with E-state index in [0.717, 1.165) is 5.56 Å². The molecule has 0 spiro atoms. The fraction of sp³-hybridized carbons (Fsp3) is 0.611. The maximum Gasteiger partial charge on any atom is 0.241 e. The van der Waals surface area contributed by atoms with E-state index in [9.17, 15) is 13.2 Å². The Kier molecular flexibility index (Phi) is 6.59. The first-order valence-electron chi connectivity index (χ1n) is 8.67. The lowest BCUT2D eigenvalue weighted by molar-refractivity contribution is -0.137. The Bertz CT molecular complexity index is 710. The summed E-state index contributed by atoms with van der Waals surface area (Å²) in [6.45, 7) is 9.54. The maximum absolute atomic E-state index is 12.9. The summed E-state index contributed by atoms with van der Waals surface area (Å²) in [5, 5.41) is 0. The molecule has 0 aliphatic carbocycles. The number of nitrogens with zero attached hydrogens (tertiary/aromatic N) is 1. The number of amides is 1. The molecule has 140 valence electrons.